The molecular weight excluding hydrogens is 410 g/mol. The van der Waals surface area contributed by atoms with Crippen molar-refractivity contribution in [2.24, 2.45) is 0 Å². The molecule has 3 heterocycles. The number of carbonyl (C=O) groups is 1. The minimum Gasteiger partial charge on any atom is -0.465 e. The number of hydrogen-bond donors (Lipinski definition) is 1. The normalized spacial score (nSPS) is 14.0. The molecule has 0 radical (unpaired) electrons. The predicted molar refractivity (Wildman–Crippen MR) is 107 cm³/mol. The van der Waals surface area contributed by atoms with Gasteiger partial charge in [0.05, 0.1) is 37.3 Å². The van der Waals surface area contributed by atoms with Crippen LogP contribution in [-0.4, -0.2) is 74.5 Å². The van der Waals surface area contributed by atoms with Gasteiger partial charge in [0.1, 0.15) is 5.82 Å². The van der Waals surface area contributed by atoms with Crippen LogP contribution in [-0.2, 0) is 15.2 Å². The molecule has 3 aromatic rings. The molecule has 4 rings (SSSR count). The first-order valence-corrected chi connectivity index (χ1v) is 10.1. The van der Waals surface area contributed by atoms with E-state index in [1.165, 1.54) is 18.9 Å². The summed E-state index contributed by atoms with van der Waals surface area (Å²) in [6.45, 7) is 2.66. The number of methoxy groups -OCH3 is 1. The molecule has 0 amide bonds. The number of carbonyl (C=O) groups excluding carboxylic acids is 1. The van der Waals surface area contributed by atoms with Gasteiger partial charge in [0.25, 0.3) is 0 Å². The molecule has 2 aromatic heterocycles. The number of hydrogen-bond acceptors (Lipinski definition) is 12. The lowest BCUT2D eigenvalue weighted by Gasteiger charge is -2.26. The molecule has 156 valence electrons. The zero-order chi connectivity index (χ0) is 20.9. The number of tetrazole rings is 1. The quantitative estimate of drug-likeness (QED) is 0.426. The average molecular weight is 429 g/mol. The first kappa shape index (κ1) is 20.0. The molecule has 30 heavy (non-hydrogen) atoms. The third kappa shape index (κ3) is 4.46. The van der Waals surface area contributed by atoms with Crippen LogP contribution in [0.3, 0.4) is 0 Å². The highest BCUT2D eigenvalue weighted by atomic mass is 32.2. The van der Waals surface area contributed by atoms with Gasteiger partial charge in [-0.25, -0.2) is 4.79 Å². The standard InChI is InChI=1S/C17H19N9O3S/c1-28-14(27)11-2-4-12(5-3-11)26-17(22-23-24-26)30-10-13-19-15(18)21-16(20-13)25-6-8-29-9-7-25/h2-5H,6-10H2,1H3,(H2,18,19,20,21). The fourth-order valence-corrected chi connectivity index (χ4v) is 3.56. The summed E-state index contributed by atoms with van der Waals surface area (Å²) in [5, 5.41) is 12.4. The van der Waals surface area contributed by atoms with Crippen molar-refractivity contribution in [1.29, 1.82) is 0 Å². The second-order valence-electron chi connectivity index (χ2n) is 6.21. The molecule has 1 aliphatic rings. The number of aromatic nitrogens is 7. The van der Waals surface area contributed by atoms with Gasteiger partial charge in [0.15, 0.2) is 0 Å². The summed E-state index contributed by atoms with van der Waals surface area (Å²) in [6.07, 6.45) is 0. The van der Waals surface area contributed by atoms with E-state index in [1.807, 2.05) is 4.90 Å². The van der Waals surface area contributed by atoms with Crippen molar-refractivity contribution >= 4 is 29.6 Å². The van der Waals surface area contributed by atoms with Crippen molar-refractivity contribution in [3.05, 3.63) is 35.7 Å². The Balaban J connectivity index is 1.48. The fraction of sp³-hybridized carbons (Fsp3) is 0.353. The number of thioether (sulfide) groups is 1. The van der Waals surface area contributed by atoms with E-state index in [0.717, 1.165) is 0 Å². The predicted octanol–water partition coefficient (Wildman–Crippen LogP) is 0.345. The first-order chi connectivity index (χ1) is 14.6. The second-order valence-corrected chi connectivity index (χ2v) is 7.15. The van der Waals surface area contributed by atoms with Crippen LogP contribution in [0.4, 0.5) is 11.9 Å². The van der Waals surface area contributed by atoms with Crippen molar-refractivity contribution in [3.63, 3.8) is 0 Å². The van der Waals surface area contributed by atoms with Gasteiger partial charge >= 0.3 is 5.97 Å². The van der Waals surface area contributed by atoms with Gasteiger partial charge in [-0.05, 0) is 34.7 Å². The number of esters is 1. The number of benzene rings is 1. The Kier molecular flexibility index (Phi) is 5.99. The number of rotatable bonds is 6. The molecule has 0 unspecified atom stereocenters. The van der Waals surface area contributed by atoms with Crippen LogP contribution >= 0.6 is 11.8 Å². The molecule has 12 nitrogen and oxygen atoms in total. The van der Waals surface area contributed by atoms with Gasteiger partial charge in [0, 0.05) is 13.1 Å². The molecule has 13 heteroatoms. The largest absolute Gasteiger partial charge is 0.465 e. The fourth-order valence-electron chi connectivity index (χ4n) is 2.81. The van der Waals surface area contributed by atoms with Gasteiger partial charge in [-0.1, -0.05) is 11.8 Å². The molecule has 0 spiro atoms. The minimum absolute atomic E-state index is 0.167. The first-order valence-electron chi connectivity index (χ1n) is 9.07. The van der Waals surface area contributed by atoms with Crippen LogP contribution in [0, 0.1) is 0 Å². The van der Waals surface area contributed by atoms with Gasteiger partial charge in [-0.2, -0.15) is 19.6 Å². The Hall–Kier alpha value is -3.32. The number of nitrogens with two attached hydrogens (primary N) is 1. The molecule has 1 fully saturated rings. The molecule has 0 atom stereocenters. The van der Waals surface area contributed by atoms with E-state index in [0.29, 0.717) is 60.2 Å². The Morgan fingerprint density at radius 2 is 1.97 bits per heavy atom. The summed E-state index contributed by atoms with van der Waals surface area (Å²) in [4.78, 5) is 26.6. The minimum atomic E-state index is -0.406. The van der Waals surface area contributed by atoms with Crippen LogP contribution in [0.15, 0.2) is 29.4 Å². The summed E-state index contributed by atoms with van der Waals surface area (Å²) in [5.41, 5.74) is 7.03. The summed E-state index contributed by atoms with van der Waals surface area (Å²) in [5.74, 6) is 1.24. The van der Waals surface area contributed by atoms with E-state index in [2.05, 4.69) is 30.5 Å². The van der Waals surface area contributed by atoms with Crippen molar-refractivity contribution < 1.29 is 14.3 Å². The SMILES string of the molecule is COC(=O)c1ccc(-n2nnnc2SCc2nc(N)nc(N3CCOCC3)n2)cc1. The van der Waals surface area contributed by atoms with E-state index < -0.39 is 5.97 Å². The maximum Gasteiger partial charge on any atom is 0.337 e. The summed E-state index contributed by atoms with van der Waals surface area (Å²) in [6, 6.07) is 6.78. The van der Waals surface area contributed by atoms with Crippen LogP contribution in [0.1, 0.15) is 16.2 Å². The highest BCUT2D eigenvalue weighted by Gasteiger charge is 2.17. The highest BCUT2D eigenvalue weighted by molar-refractivity contribution is 7.98. The Morgan fingerprint density at radius 3 is 2.70 bits per heavy atom. The van der Waals surface area contributed by atoms with E-state index in [9.17, 15) is 4.79 Å². The van der Waals surface area contributed by atoms with Gasteiger partial charge in [-0.15, -0.1) is 5.10 Å². The summed E-state index contributed by atoms with van der Waals surface area (Å²) < 4.78 is 11.6. The lowest BCUT2D eigenvalue weighted by Crippen LogP contribution is -2.37. The van der Waals surface area contributed by atoms with E-state index in [1.54, 1.807) is 28.9 Å². The number of anilines is 2. The van der Waals surface area contributed by atoms with Crippen molar-refractivity contribution in [3.8, 4) is 5.69 Å². The average Bonchev–Trinajstić information content (AvgIpc) is 3.26. The molecule has 2 N–H and O–H groups in total. The number of nitrogens with zero attached hydrogens (tertiary/aromatic N) is 8. The van der Waals surface area contributed by atoms with E-state index >= 15 is 0 Å². The van der Waals surface area contributed by atoms with Gasteiger partial charge in [0.2, 0.25) is 17.1 Å². The van der Waals surface area contributed by atoms with Crippen LogP contribution in [0.5, 0.6) is 0 Å². The molecule has 0 saturated carbocycles. The van der Waals surface area contributed by atoms with Crippen LogP contribution in [0.2, 0.25) is 0 Å². The van der Waals surface area contributed by atoms with E-state index in [-0.39, 0.29) is 5.95 Å². The Bertz CT molecular complexity index is 1020. The van der Waals surface area contributed by atoms with Crippen LogP contribution in [0.25, 0.3) is 5.69 Å². The van der Waals surface area contributed by atoms with Gasteiger partial charge in [-0.3, -0.25) is 0 Å². The number of morpholine rings is 1. The number of ether oxygens (including phenoxy) is 2. The molecule has 0 bridgehead atoms. The summed E-state index contributed by atoms with van der Waals surface area (Å²) >= 11 is 1.36. The van der Waals surface area contributed by atoms with E-state index in [4.69, 9.17) is 15.2 Å². The zero-order valence-corrected chi connectivity index (χ0v) is 16.9. The molecule has 1 saturated heterocycles. The smallest absolute Gasteiger partial charge is 0.337 e. The maximum atomic E-state index is 11.6. The van der Waals surface area contributed by atoms with Crippen molar-refractivity contribution in [2.75, 3.05) is 44.0 Å². The lowest BCUT2D eigenvalue weighted by molar-refractivity contribution is 0.0600. The highest BCUT2D eigenvalue weighted by Crippen LogP contribution is 2.22. The molecule has 1 aromatic carbocycles. The summed E-state index contributed by atoms with van der Waals surface area (Å²) in [7, 11) is 1.34. The zero-order valence-electron chi connectivity index (χ0n) is 16.1. The molecule has 0 aliphatic carbocycles. The molecular formula is C17H19N9O3S. The second kappa shape index (κ2) is 9.00. The maximum absolute atomic E-state index is 11.6. The van der Waals surface area contributed by atoms with Crippen LogP contribution < -0.4 is 10.6 Å². The third-order valence-electron chi connectivity index (χ3n) is 4.29. The van der Waals surface area contributed by atoms with Gasteiger partial charge < -0.3 is 20.1 Å². The molecule has 1 aliphatic heterocycles. The Labute approximate surface area is 175 Å². The topological polar surface area (TPSA) is 147 Å². The lowest BCUT2D eigenvalue weighted by atomic mass is 10.2. The Morgan fingerprint density at radius 1 is 1.20 bits per heavy atom. The third-order valence-corrected chi connectivity index (χ3v) is 5.20. The monoisotopic (exact) mass is 429 g/mol. The van der Waals surface area contributed by atoms with Crippen molar-refractivity contribution in [1.82, 2.24) is 35.2 Å². The van der Waals surface area contributed by atoms with Crippen molar-refractivity contribution in [2.45, 2.75) is 10.9 Å². The number of nitrogen functional groups attached to an aromatic ring is 1.